The van der Waals surface area contributed by atoms with E-state index in [2.05, 4.69) is 15.9 Å². The molecule has 0 N–H and O–H groups in total. The summed E-state index contributed by atoms with van der Waals surface area (Å²) in [5, 5.41) is -0.0422. The number of nitrogens with zero attached hydrogens (tertiary/aromatic N) is 3. The Morgan fingerprint density at radius 3 is 2.26 bits per heavy atom. The second kappa shape index (κ2) is 9.25. The molecule has 0 bridgehead atoms. The number of anilines is 1. The van der Waals surface area contributed by atoms with Crippen molar-refractivity contribution in [3.05, 3.63) is 57.7 Å². The van der Waals surface area contributed by atoms with Gasteiger partial charge in [-0.2, -0.15) is 13.2 Å². The molecule has 0 aliphatic carbocycles. The number of rotatable bonds is 4. The van der Waals surface area contributed by atoms with Crippen LogP contribution in [0.3, 0.4) is 0 Å². The maximum absolute atomic E-state index is 14.1. The van der Waals surface area contributed by atoms with Crippen LogP contribution in [0.4, 0.5) is 27.6 Å². The average Bonchev–Trinajstić information content (AvgIpc) is 3.18. The molecule has 1 aromatic heterocycles. The monoisotopic (exact) mass is 599 g/mol. The standard InChI is InChI=1S/C21H16BrClF5N3O3S/c22-14-3-1-2-4-17(14)35(33,34)31-11-13(19(24)25)18-15(9-12(23)10-16(18)31)29-5-7-30(8-6-29)20(32)21(26,27)28/h1-4,9-11,19H,5-8H2. The Morgan fingerprint density at radius 2 is 1.69 bits per heavy atom. The van der Waals surface area contributed by atoms with Gasteiger partial charge in [0.25, 0.3) is 16.4 Å². The number of halogens is 7. The van der Waals surface area contributed by atoms with Gasteiger partial charge in [-0.25, -0.2) is 21.2 Å². The van der Waals surface area contributed by atoms with E-state index in [-0.39, 0.29) is 57.2 Å². The molecule has 4 rings (SSSR count). The Kier molecular flexibility index (Phi) is 6.79. The molecule has 1 fully saturated rings. The van der Waals surface area contributed by atoms with Crippen molar-refractivity contribution < 1.29 is 35.2 Å². The smallest absolute Gasteiger partial charge is 0.367 e. The summed E-state index contributed by atoms with van der Waals surface area (Å²) < 4.78 is 94.2. The fourth-order valence-corrected chi connectivity index (χ4v) is 6.55. The van der Waals surface area contributed by atoms with Crippen molar-refractivity contribution in [2.75, 3.05) is 31.1 Å². The number of benzene rings is 2. The second-order valence-electron chi connectivity index (χ2n) is 7.71. The summed E-state index contributed by atoms with van der Waals surface area (Å²) in [4.78, 5) is 13.5. The predicted molar refractivity (Wildman–Crippen MR) is 123 cm³/mol. The van der Waals surface area contributed by atoms with Gasteiger partial charge in [0, 0.05) is 58.5 Å². The van der Waals surface area contributed by atoms with Gasteiger partial charge >= 0.3 is 12.1 Å². The summed E-state index contributed by atoms with van der Waals surface area (Å²) >= 11 is 9.39. The molecule has 2 aromatic carbocycles. The number of hydrogen-bond acceptors (Lipinski definition) is 4. The third-order valence-corrected chi connectivity index (χ3v) is 8.51. The molecule has 0 saturated carbocycles. The Hall–Kier alpha value is -2.38. The molecule has 14 heteroatoms. The number of alkyl halides is 5. The highest BCUT2D eigenvalue weighted by molar-refractivity contribution is 9.10. The molecule has 0 spiro atoms. The normalized spacial score (nSPS) is 15.3. The summed E-state index contributed by atoms with van der Waals surface area (Å²) in [6.07, 6.45) is -7.25. The zero-order chi connectivity index (χ0) is 25.7. The molecular formula is C21H16BrClF5N3O3S. The maximum Gasteiger partial charge on any atom is 0.471 e. The van der Waals surface area contributed by atoms with Crippen molar-refractivity contribution in [1.82, 2.24) is 8.87 Å². The summed E-state index contributed by atoms with van der Waals surface area (Å²) in [5.74, 6) is -1.98. The summed E-state index contributed by atoms with van der Waals surface area (Å²) in [5.41, 5.74) is -0.536. The van der Waals surface area contributed by atoms with Crippen molar-refractivity contribution in [2.24, 2.45) is 0 Å². The number of carbonyl (C=O) groups excluding carboxylic acids is 1. The summed E-state index contributed by atoms with van der Waals surface area (Å²) in [7, 11) is -4.33. The Labute approximate surface area is 210 Å². The fraction of sp³-hybridized carbons (Fsp3) is 0.286. The fourth-order valence-electron chi connectivity index (χ4n) is 4.01. The molecule has 1 amide bonds. The van der Waals surface area contributed by atoms with Crippen LogP contribution in [-0.2, 0) is 14.8 Å². The van der Waals surface area contributed by atoms with Gasteiger partial charge in [0.15, 0.2) is 0 Å². The lowest BCUT2D eigenvalue weighted by molar-refractivity contribution is -0.185. The minimum absolute atomic E-state index is 0.0452. The zero-order valence-corrected chi connectivity index (χ0v) is 20.7. The van der Waals surface area contributed by atoms with Crippen molar-refractivity contribution in [3.8, 4) is 0 Å². The van der Waals surface area contributed by atoms with E-state index in [1.54, 1.807) is 6.07 Å². The minimum Gasteiger partial charge on any atom is -0.367 e. The van der Waals surface area contributed by atoms with Gasteiger partial charge < -0.3 is 9.80 Å². The van der Waals surface area contributed by atoms with E-state index < -0.39 is 34.1 Å². The van der Waals surface area contributed by atoms with E-state index in [9.17, 15) is 35.2 Å². The van der Waals surface area contributed by atoms with Crippen molar-refractivity contribution in [2.45, 2.75) is 17.5 Å². The van der Waals surface area contributed by atoms with Crippen LogP contribution in [0.5, 0.6) is 0 Å². The van der Waals surface area contributed by atoms with Crippen LogP contribution in [0.1, 0.15) is 12.0 Å². The van der Waals surface area contributed by atoms with Crippen LogP contribution in [0.15, 0.2) is 52.0 Å². The molecule has 188 valence electrons. The lowest BCUT2D eigenvalue weighted by atomic mass is 10.1. The molecule has 2 heterocycles. The van der Waals surface area contributed by atoms with E-state index in [4.69, 9.17) is 11.6 Å². The van der Waals surface area contributed by atoms with Gasteiger partial charge in [-0.15, -0.1) is 0 Å². The van der Waals surface area contributed by atoms with E-state index in [1.807, 2.05) is 0 Å². The van der Waals surface area contributed by atoms with Crippen molar-refractivity contribution >= 4 is 60.1 Å². The third kappa shape index (κ3) is 4.73. The zero-order valence-electron chi connectivity index (χ0n) is 17.6. The van der Waals surface area contributed by atoms with E-state index >= 15 is 0 Å². The molecule has 3 aromatic rings. The van der Waals surface area contributed by atoms with Crippen LogP contribution in [0.25, 0.3) is 10.9 Å². The molecule has 1 aliphatic rings. The van der Waals surface area contributed by atoms with E-state index in [0.29, 0.717) is 4.90 Å². The second-order valence-corrected chi connectivity index (χ2v) is 10.8. The largest absolute Gasteiger partial charge is 0.471 e. The maximum atomic E-state index is 14.1. The van der Waals surface area contributed by atoms with Gasteiger partial charge in [-0.3, -0.25) is 4.79 Å². The topological polar surface area (TPSA) is 62.6 Å². The van der Waals surface area contributed by atoms with Gasteiger partial charge in [-0.1, -0.05) is 23.7 Å². The van der Waals surface area contributed by atoms with Crippen LogP contribution in [0, 0.1) is 0 Å². The first-order valence-corrected chi connectivity index (χ1v) is 12.7. The first-order valence-electron chi connectivity index (χ1n) is 10.1. The first-order chi connectivity index (χ1) is 16.3. The molecule has 1 aliphatic heterocycles. The minimum atomic E-state index is -5.02. The predicted octanol–water partition coefficient (Wildman–Crippen LogP) is 5.44. The highest BCUT2D eigenvalue weighted by atomic mass is 79.9. The Morgan fingerprint density at radius 1 is 1.06 bits per heavy atom. The third-order valence-electron chi connectivity index (χ3n) is 5.60. The van der Waals surface area contributed by atoms with Crippen LogP contribution >= 0.6 is 27.5 Å². The number of aromatic nitrogens is 1. The Bertz CT molecular complexity index is 1400. The lowest BCUT2D eigenvalue weighted by Gasteiger charge is -2.36. The van der Waals surface area contributed by atoms with Crippen molar-refractivity contribution in [3.63, 3.8) is 0 Å². The van der Waals surface area contributed by atoms with Gasteiger partial charge in [0.1, 0.15) is 4.90 Å². The quantitative estimate of drug-likeness (QED) is 0.374. The number of amides is 1. The first kappa shape index (κ1) is 25.7. The van der Waals surface area contributed by atoms with Gasteiger partial charge in [0.2, 0.25) is 0 Å². The van der Waals surface area contributed by atoms with Crippen LogP contribution in [0.2, 0.25) is 5.02 Å². The van der Waals surface area contributed by atoms with Gasteiger partial charge in [0.05, 0.1) is 5.52 Å². The number of hydrogen-bond donors (Lipinski definition) is 0. The lowest BCUT2D eigenvalue weighted by Crippen LogP contribution is -2.52. The van der Waals surface area contributed by atoms with Crippen LogP contribution < -0.4 is 4.90 Å². The number of carbonyl (C=O) groups is 1. The number of fused-ring (bicyclic) bond motifs is 1. The molecule has 35 heavy (non-hydrogen) atoms. The van der Waals surface area contributed by atoms with Gasteiger partial charge in [-0.05, 0) is 40.2 Å². The summed E-state index contributed by atoms with van der Waals surface area (Å²) in [6, 6.07) is 8.48. The molecule has 0 unspecified atom stereocenters. The summed E-state index contributed by atoms with van der Waals surface area (Å²) in [6.45, 7) is -0.789. The van der Waals surface area contributed by atoms with E-state index in [1.165, 1.54) is 35.2 Å². The number of piperazine rings is 1. The van der Waals surface area contributed by atoms with Crippen LogP contribution in [-0.4, -0.2) is 55.6 Å². The molecule has 6 nitrogen and oxygen atoms in total. The molecule has 0 atom stereocenters. The highest BCUT2D eigenvalue weighted by Gasteiger charge is 2.43. The van der Waals surface area contributed by atoms with Crippen molar-refractivity contribution in [1.29, 1.82) is 0 Å². The SMILES string of the molecule is O=C(N1CCN(c2cc(Cl)cc3c2c(C(F)F)cn3S(=O)(=O)c2ccccc2Br)CC1)C(F)(F)F. The molecular weight excluding hydrogens is 585 g/mol. The molecule has 1 saturated heterocycles. The molecule has 0 radical (unpaired) electrons. The Balaban J connectivity index is 1.82. The van der Waals surface area contributed by atoms with E-state index in [0.717, 1.165) is 10.2 Å². The average molecular weight is 601 g/mol. The highest BCUT2D eigenvalue weighted by Crippen LogP contribution is 2.41.